The molecule has 0 radical (unpaired) electrons. The monoisotopic (exact) mass is 562 g/mol. The summed E-state index contributed by atoms with van der Waals surface area (Å²) in [5.41, 5.74) is 2.37. The highest BCUT2D eigenvalue weighted by Gasteiger charge is 2.39. The molecule has 6 rings (SSSR count). The molecule has 3 aromatic rings. The van der Waals surface area contributed by atoms with Crippen molar-refractivity contribution in [2.24, 2.45) is 0 Å². The minimum atomic E-state index is -0.627. The van der Waals surface area contributed by atoms with Gasteiger partial charge in [0.05, 0.1) is 30.4 Å². The van der Waals surface area contributed by atoms with E-state index in [1.54, 1.807) is 29.8 Å². The largest absolute Gasteiger partial charge is 0.493 e. The SMILES string of the molecule is O=C1N[C@H]2C[C@@H](C(=O)NC[C@H]3O[C@H](CCOc4cc(-c5ccncc5)ccc41)CC[C@@H]3O)N(Cc1cccs1)C2. The highest BCUT2D eigenvalue weighted by atomic mass is 32.1. The fourth-order valence-corrected chi connectivity index (χ4v) is 6.57. The second-order valence-electron chi connectivity index (χ2n) is 10.7. The van der Waals surface area contributed by atoms with E-state index in [9.17, 15) is 14.7 Å². The number of rotatable bonds is 3. The van der Waals surface area contributed by atoms with Gasteiger partial charge in [-0.25, -0.2) is 0 Å². The van der Waals surface area contributed by atoms with Crippen LogP contribution in [-0.4, -0.2) is 76.9 Å². The van der Waals surface area contributed by atoms with E-state index < -0.39 is 18.2 Å². The number of ether oxygens (including phenoxy) is 2. The molecular weight excluding hydrogens is 528 g/mol. The minimum Gasteiger partial charge on any atom is -0.493 e. The lowest BCUT2D eigenvalue weighted by Crippen LogP contribution is -2.50. The fourth-order valence-electron chi connectivity index (χ4n) is 5.84. The number of carbonyl (C=O) groups is 2. The van der Waals surface area contributed by atoms with Gasteiger partial charge in [0.1, 0.15) is 11.9 Å². The topological polar surface area (TPSA) is 113 Å². The third kappa shape index (κ3) is 6.05. The number of hydrogen-bond donors (Lipinski definition) is 3. The van der Waals surface area contributed by atoms with Crippen LogP contribution < -0.4 is 15.4 Å². The Morgan fingerprint density at radius 1 is 1.07 bits per heavy atom. The Kier molecular flexibility index (Phi) is 8.10. The van der Waals surface area contributed by atoms with Gasteiger partial charge < -0.3 is 25.2 Å². The second kappa shape index (κ2) is 12.1. The maximum atomic E-state index is 13.6. The highest BCUT2D eigenvalue weighted by Crippen LogP contribution is 2.30. The van der Waals surface area contributed by atoms with Gasteiger partial charge in [-0.15, -0.1) is 11.3 Å². The highest BCUT2D eigenvalue weighted by molar-refractivity contribution is 7.09. The molecule has 0 spiro atoms. The molecule has 3 aliphatic heterocycles. The molecule has 0 aliphatic carbocycles. The zero-order valence-electron chi connectivity index (χ0n) is 22.2. The Labute approximate surface area is 237 Å². The summed E-state index contributed by atoms with van der Waals surface area (Å²) in [5.74, 6) is 0.181. The number of fused-ring (bicyclic) bond motifs is 5. The Balaban J connectivity index is 1.29. The number of nitrogens with one attached hydrogen (secondary N) is 2. The molecule has 5 heterocycles. The molecule has 3 aliphatic rings. The Morgan fingerprint density at radius 2 is 1.95 bits per heavy atom. The summed E-state index contributed by atoms with van der Waals surface area (Å²) in [5, 5.41) is 18.8. The predicted molar refractivity (Wildman–Crippen MR) is 151 cm³/mol. The molecular formula is C30H34N4O5S. The lowest BCUT2D eigenvalue weighted by atomic mass is 9.99. The molecule has 3 N–H and O–H groups in total. The average Bonchev–Trinajstić information content (AvgIpc) is 3.63. The number of thiophene rings is 1. The van der Waals surface area contributed by atoms with Crippen molar-refractivity contribution >= 4 is 23.2 Å². The molecule has 4 bridgehead atoms. The first-order valence-corrected chi connectivity index (χ1v) is 14.8. The molecule has 0 saturated carbocycles. The van der Waals surface area contributed by atoms with Crippen LogP contribution in [0.25, 0.3) is 11.1 Å². The maximum Gasteiger partial charge on any atom is 0.255 e. The van der Waals surface area contributed by atoms with Crippen molar-refractivity contribution in [3.8, 4) is 16.9 Å². The number of aromatic nitrogens is 1. The lowest BCUT2D eigenvalue weighted by Gasteiger charge is -2.34. The molecule has 10 heteroatoms. The van der Waals surface area contributed by atoms with E-state index in [0.717, 1.165) is 16.0 Å². The standard InChI is InChI=1S/C30H34N4O5S/c35-26-6-4-22-9-12-38-27-14-20(19-7-10-31-11-8-19)3-5-24(27)29(36)33-21-15-25(30(37)32-16-28(26)39-22)34(17-21)18-23-2-1-13-40-23/h1-3,5,7-8,10-11,13-14,21-22,25-26,28,35H,4,6,9,12,15-18H2,(H,32,37)(H,33,36)/t21-,22-,25-,26-,28+/m0/s1. The number of benzene rings is 1. The van der Waals surface area contributed by atoms with Gasteiger partial charge in [-0.2, -0.15) is 0 Å². The third-order valence-corrected chi connectivity index (χ3v) is 8.84. The van der Waals surface area contributed by atoms with Gasteiger partial charge in [0.15, 0.2) is 0 Å². The first kappa shape index (κ1) is 26.9. The first-order valence-electron chi connectivity index (χ1n) is 13.9. The van der Waals surface area contributed by atoms with Crippen LogP contribution in [0.3, 0.4) is 0 Å². The van der Waals surface area contributed by atoms with E-state index in [1.165, 1.54) is 0 Å². The van der Waals surface area contributed by atoms with Gasteiger partial charge in [0, 0.05) is 49.4 Å². The fraction of sp³-hybridized carbons (Fsp3) is 0.433. The molecule has 0 unspecified atom stereocenters. The van der Waals surface area contributed by atoms with E-state index in [2.05, 4.69) is 26.6 Å². The van der Waals surface area contributed by atoms with Crippen molar-refractivity contribution in [1.29, 1.82) is 0 Å². The number of amides is 2. The minimum absolute atomic E-state index is 0.106. The number of pyridine rings is 1. The van der Waals surface area contributed by atoms with Gasteiger partial charge in [-0.3, -0.25) is 19.5 Å². The van der Waals surface area contributed by atoms with Crippen LogP contribution in [0.4, 0.5) is 0 Å². The van der Waals surface area contributed by atoms with Gasteiger partial charge in [-0.1, -0.05) is 12.1 Å². The Bertz CT molecular complexity index is 1320. The molecule has 40 heavy (non-hydrogen) atoms. The number of likely N-dealkylation sites (tertiary alicyclic amines) is 1. The summed E-state index contributed by atoms with van der Waals surface area (Å²) in [6, 6.07) is 12.9. The van der Waals surface area contributed by atoms with Crippen molar-refractivity contribution in [3.05, 3.63) is 70.7 Å². The van der Waals surface area contributed by atoms with Crippen molar-refractivity contribution < 1.29 is 24.2 Å². The maximum absolute atomic E-state index is 13.6. The van der Waals surface area contributed by atoms with Gasteiger partial charge in [-0.05, 0) is 66.1 Å². The predicted octanol–water partition coefficient (Wildman–Crippen LogP) is 2.99. The number of nitrogens with zero attached hydrogens (tertiary/aromatic N) is 2. The van der Waals surface area contributed by atoms with Crippen LogP contribution in [0.1, 0.15) is 40.9 Å². The molecule has 9 nitrogen and oxygen atoms in total. The van der Waals surface area contributed by atoms with Crippen molar-refractivity contribution in [2.75, 3.05) is 19.7 Å². The van der Waals surface area contributed by atoms with E-state index >= 15 is 0 Å². The van der Waals surface area contributed by atoms with Crippen LogP contribution in [0.2, 0.25) is 0 Å². The number of aliphatic hydroxyl groups excluding tert-OH is 1. The summed E-state index contributed by atoms with van der Waals surface area (Å²) < 4.78 is 12.4. The Hall–Kier alpha value is -3.31. The Morgan fingerprint density at radius 3 is 2.77 bits per heavy atom. The molecule has 2 amide bonds. The molecule has 5 atom stereocenters. The third-order valence-electron chi connectivity index (χ3n) is 7.98. The molecule has 2 saturated heterocycles. The molecule has 2 fully saturated rings. The van der Waals surface area contributed by atoms with E-state index in [0.29, 0.717) is 56.7 Å². The first-order chi connectivity index (χ1) is 19.5. The number of aliphatic hydroxyl groups is 1. The van der Waals surface area contributed by atoms with Crippen LogP contribution >= 0.6 is 11.3 Å². The lowest BCUT2D eigenvalue weighted by molar-refractivity contribution is -0.133. The van der Waals surface area contributed by atoms with Crippen molar-refractivity contribution in [3.63, 3.8) is 0 Å². The summed E-state index contributed by atoms with van der Waals surface area (Å²) in [7, 11) is 0. The van der Waals surface area contributed by atoms with Crippen molar-refractivity contribution in [2.45, 2.75) is 62.6 Å². The number of carbonyl (C=O) groups excluding carboxylic acids is 2. The molecule has 1 aromatic carbocycles. The van der Waals surface area contributed by atoms with Gasteiger partial charge in [0.25, 0.3) is 5.91 Å². The number of hydrogen-bond acceptors (Lipinski definition) is 8. The van der Waals surface area contributed by atoms with Gasteiger partial charge >= 0.3 is 0 Å². The summed E-state index contributed by atoms with van der Waals surface area (Å²) >= 11 is 1.65. The second-order valence-corrected chi connectivity index (χ2v) is 11.7. The van der Waals surface area contributed by atoms with Crippen LogP contribution in [0.15, 0.2) is 60.2 Å². The summed E-state index contributed by atoms with van der Waals surface area (Å²) in [6.45, 7) is 1.79. The zero-order chi connectivity index (χ0) is 27.5. The van der Waals surface area contributed by atoms with E-state index in [-0.39, 0.29) is 30.5 Å². The van der Waals surface area contributed by atoms with Crippen LogP contribution in [-0.2, 0) is 16.1 Å². The van der Waals surface area contributed by atoms with E-state index in [4.69, 9.17) is 9.47 Å². The molecule has 210 valence electrons. The average molecular weight is 563 g/mol. The zero-order valence-corrected chi connectivity index (χ0v) is 23.0. The summed E-state index contributed by atoms with van der Waals surface area (Å²) in [6.07, 6.45) is 4.68. The van der Waals surface area contributed by atoms with E-state index in [1.807, 2.05) is 35.7 Å². The van der Waals surface area contributed by atoms with Gasteiger partial charge in [0.2, 0.25) is 5.91 Å². The normalized spacial score (nSPS) is 27.8. The summed E-state index contributed by atoms with van der Waals surface area (Å²) in [4.78, 5) is 34.4. The van der Waals surface area contributed by atoms with Crippen LogP contribution in [0, 0.1) is 0 Å². The smallest absolute Gasteiger partial charge is 0.255 e. The quantitative estimate of drug-likeness (QED) is 0.450. The molecule has 2 aromatic heterocycles. The van der Waals surface area contributed by atoms with Crippen molar-refractivity contribution in [1.82, 2.24) is 20.5 Å². The van der Waals surface area contributed by atoms with Crippen LogP contribution in [0.5, 0.6) is 5.75 Å².